The van der Waals surface area contributed by atoms with Crippen LogP contribution in [-0.4, -0.2) is 23.2 Å². The molecule has 4 N–H and O–H groups in total. The van der Waals surface area contributed by atoms with Gasteiger partial charge < -0.3 is 25.8 Å². The van der Waals surface area contributed by atoms with Crippen LogP contribution in [0.4, 0.5) is 25.0 Å². The summed E-state index contributed by atoms with van der Waals surface area (Å²) < 4.78 is 32.6. The molecule has 1 aliphatic rings. The van der Waals surface area contributed by atoms with Crippen molar-refractivity contribution in [1.82, 2.24) is 5.32 Å². The van der Waals surface area contributed by atoms with Gasteiger partial charge in [-0.15, -0.1) is 0 Å². The lowest BCUT2D eigenvalue weighted by Crippen LogP contribution is -2.31. The van der Waals surface area contributed by atoms with E-state index in [1.165, 1.54) is 30.3 Å². The van der Waals surface area contributed by atoms with Crippen molar-refractivity contribution in [3.8, 4) is 0 Å². The van der Waals surface area contributed by atoms with Crippen molar-refractivity contribution in [1.29, 1.82) is 0 Å². The number of aliphatic hydroxyl groups excluding tert-OH is 1. The molecule has 2 aromatic carbocycles. The van der Waals surface area contributed by atoms with Gasteiger partial charge in [0.15, 0.2) is 0 Å². The van der Waals surface area contributed by atoms with E-state index in [1.54, 1.807) is 13.8 Å². The van der Waals surface area contributed by atoms with Gasteiger partial charge in [0.1, 0.15) is 17.2 Å². The average Bonchev–Trinajstić information content (AvgIpc) is 2.85. The molecular formula is C18H18ClF2N3O3. The molecule has 0 spiro atoms. The number of hydrogen-bond acceptors (Lipinski definition) is 5. The van der Waals surface area contributed by atoms with Gasteiger partial charge in [-0.05, 0) is 50.2 Å². The second-order valence-electron chi connectivity index (χ2n) is 6.63. The van der Waals surface area contributed by atoms with Gasteiger partial charge >= 0.3 is 6.09 Å². The molecule has 0 aliphatic carbocycles. The Morgan fingerprint density at radius 3 is 2.30 bits per heavy atom. The summed E-state index contributed by atoms with van der Waals surface area (Å²) in [6, 6.07) is 7.35. The lowest BCUT2D eigenvalue weighted by Gasteiger charge is -2.25. The number of carbonyl (C=O) groups excluding carboxylic acids is 1. The number of halogens is 3. The van der Waals surface area contributed by atoms with E-state index >= 15 is 0 Å². The van der Waals surface area contributed by atoms with Crippen molar-refractivity contribution in [2.75, 3.05) is 10.6 Å². The van der Waals surface area contributed by atoms with Gasteiger partial charge in [0.05, 0.1) is 11.1 Å². The predicted molar refractivity (Wildman–Crippen MR) is 97.5 cm³/mol. The van der Waals surface area contributed by atoms with Crippen molar-refractivity contribution in [3.63, 3.8) is 0 Å². The fraction of sp³-hybridized carbons (Fsp3) is 0.278. The van der Waals surface area contributed by atoms with E-state index in [2.05, 4.69) is 16.0 Å². The van der Waals surface area contributed by atoms with E-state index in [9.17, 15) is 18.7 Å². The third kappa shape index (κ3) is 4.23. The van der Waals surface area contributed by atoms with Crippen LogP contribution in [0.1, 0.15) is 25.5 Å². The van der Waals surface area contributed by atoms with E-state index in [0.717, 1.165) is 6.07 Å². The van der Waals surface area contributed by atoms with Gasteiger partial charge in [-0.1, -0.05) is 11.6 Å². The number of alkyl carbamates (subject to hydrolysis) is 1. The molecule has 1 aliphatic heterocycles. The number of aliphatic hydroxyl groups is 1. The van der Waals surface area contributed by atoms with Gasteiger partial charge in [0, 0.05) is 16.9 Å². The summed E-state index contributed by atoms with van der Waals surface area (Å²) in [5.74, 6) is -1.09. The van der Waals surface area contributed by atoms with Crippen LogP contribution >= 0.6 is 11.6 Å². The molecule has 1 heterocycles. The highest BCUT2D eigenvalue weighted by atomic mass is 35.5. The van der Waals surface area contributed by atoms with Crippen molar-refractivity contribution >= 4 is 29.1 Å². The number of anilines is 2. The number of amides is 1. The van der Waals surface area contributed by atoms with E-state index < -0.39 is 35.7 Å². The van der Waals surface area contributed by atoms with Crippen molar-refractivity contribution < 1.29 is 23.4 Å². The Morgan fingerprint density at radius 2 is 1.74 bits per heavy atom. The average molecular weight is 398 g/mol. The summed E-state index contributed by atoms with van der Waals surface area (Å²) in [6.45, 7) is 3.34. The first-order valence-electron chi connectivity index (χ1n) is 8.11. The minimum Gasteiger partial charge on any atom is -0.441 e. The number of benzene rings is 2. The second-order valence-corrected chi connectivity index (χ2v) is 7.03. The largest absolute Gasteiger partial charge is 0.441 e. The number of ether oxygens (including phenoxy) is 1. The number of carbonyl (C=O) groups is 1. The minimum atomic E-state index is -1.26. The Balaban J connectivity index is 1.75. The standard InChI is InChI=1S/C18H18ClF2N3O3/c1-18(2)15(24-17(26)27-18)11-7-9(3-5-13(11)20)22-16(25)23-10-4-6-14(21)12(19)8-10/h3-8,15-16,22-23,25H,1-2H3,(H,24,26). The van der Waals surface area contributed by atoms with Crippen molar-refractivity contribution in [3.05, 3.63) is 58.6 Å². The summed E-state index contributed by atoms with van der Waals surface area (Å²) in [7, 11) is 0. The third-order valence-electron chi connectivity index (χ3n) is 4.15. The topological polar surface area (TPSA) is 82.6 Å². The Bertz CT molecular complexity index is 879. The number of nitrogens with one attached hydrogen (secondary N) is 3. The van der Waals surface area contributed by atoms with Crippen LogP contribution in [0.25, 0.3) is 0 Å². The molecule has 0 radical (unpaired) electrons. The van der Waals surface area contributed by atoms with Gasteiger partial charge in [-0.25, -0.2) is 13.6 Å². The van der Waals surface area contributed by atoms with Crippen LogP contribution in [0.15, 0.2) is 36.4 Å². The lowest BCUT2D eigenvalue weighted by atomic mass is 9.92. The highest BCUT2D eigenvalue weighted by Gasteiger charge is 2.43. The normalized spacial score (nSPS) is 19.2. The summed E-state index contributed by atoms with van der Waals surface area (Å²) >= 11 is 5.70. The zero-order chi connectivity index (χ0) is 19.8. The monoisotopic (exact) mass is 397 g/mol. The molecule has 0 aromatic heterocycles. The maximum absolute atomic E-state index is 14.3. The molecule has 3 rings (SSSR count). The maximum atomic E-state index is 14.3. The van der Waals surface area contributed by atoms with Crippen LogP contribution in [0.3, 0.4) is 0 Å². The van der Waals surface area contributed by atoms with Crippen LogP contribution in [0, 0.1) is 11.6 Å². The molecule has 1 saturated heterocycles. The lowest BCUT2D eigenvalue weighted by molar-refractivity contribution is 0.0677. The van der Waals surface area contributed by atoms with Crippen molar-refractivity contribution in [2.45, 2.75) is 31.8 Å². The van der Waals surface area contributed by atoms with Crippen LogP contribution in [0.5, 0.6) is 0 Å². The second kappa shape index (κ2) is 7.21. The van der Waals surface area contributed by atoms with Gasteiger partial charge in [0.25, 0.3) is 0 Å². The molecule has 2 unspecified atom stereocenters. The zero-order valence-electron chi connectivity index (χ0n) is 14.5. The smallest absolute Gasteiger partial charge is 0.408 e. The molecule has 144 valence electrons. The predicted octanol–water partition coefficient (Wildman–Crippen LogP) is 3.98. The molecule has 2 aromatic rings. The zero-order valence-corrected chi connectivity index (χ0v) is 15.3. The molecule has 0 saturated carbocycles. The SMILES string of the molecule is CC1(C)OC(=O)NC1c1cc(NC(O)Nc2ccc(F)c(Cl)c2)ccc1F. The van der Waals surface area contributed by atoms with E-state index in [1.807, 2.05) is 0 Å². The maximum Gasteiger partial charge on any atom is 0.408 e. The molecule has 9 heteroatoms. The summed E-state index contributed by atoms with van der Waals surface area (Å²) in [4.78, 5) is 11.5. The van der Waals surface area contributed by atoms with E-state index in [0.29, 0.717) is 11.4 Å². The fourth-order valence-corrected chi connectivity index (χ4v) is 3.04. The van der Waals surface area contributed by atoms with Gasteiger partial charge in [-0.2, -0.15) is 0 Å². The first-order chi connectivity index (χ1) is 12.7. The summed E-state index contributed by atoms with van der Waals surface area (Å²) in [6.07, 6.45) is -1.88. The Morgan fingerprint density at radius 1 is 1.15 bits per heavy atom. The van der Waals surface area contributed by atoms with Gasteiger partial charge in [-0.3, -0.25) is 0 Å². The minimum absolute atomic E-state index is 0.0875. The molecule has 1 fully saturated rings. The number of rotatable bonds is 5. The van der Waals surface area contributed by atoms with Crippen LogP contribution in [-0.2, 0) is 4.74 Å². The van der Waals surface area contributed by atoms with Gasteiger partial charge in [0.2, 0.25) is 6.35 Å². The number of cyclic esters (lactones) is 1. The molecule has 27 heavy (non-hydrogen) atoms. The molecule has 1 amide bonds. The van der Waals surface area contributed by atoms with E-state index in [4.69, 9.17) is 16.3 Å². The highest BCUT2D eigenvalue weighted by Crippen LogP contribution is 2.36. The summed E-state index contributed by atoms with van der Waals surface area (Å²) in [5.41, 5.74) is 0.0731. The first kappa shape index (κ1) is 19.2. The molecule has 0 bridgehead atoms. The van der Waals surface area contributed by atoms with Crippen molar-refractivity contribution in [2.24, 2.45) is 0 Å². The first-order valence-corrected chi connectivity index (χ1v) is 8.48. The molecule has 2 atom stereocenters. The summed E-state index contributed by atoms with van der Waals surface area (Å²) in [5, 5.41) is 18.1. The molecule has 6 nitrogen and oxygen atoms in total. The highest BCUT2D eigenvalue weighted by molar-refractivity contribution is 6.31. The van der Waals surface area contributed by atoms with Crippen LogP contribution < -0.4 is 16.0 Å². The Hall–Kier alpha value is -2.58. The Labute approximate surface area is 159 Å². The third-order valence-corrected chi connectivity index (χ3v) is 4.44. The fourth-order valence-electron chi connectivity index (χ4n) is 2.86. The Kier molecular flexibility index (Phi) is 5.12. The molecular weight excluding hydrogens is 380 g/mol. The van der Waals surface area contributed by atoms with Crippen LogP contribution in [0.2, 0.25) is 5.02 Å². The quantitative estimate of drug-likeness (QED) is 0.574. The van der Waals surface area contributed by atoms with E-state index in [-0.39, 0.29) is 10.6 Å². The number of hydrogen-bond donors (Lipinski definition) is 4.